The van der Waals surface area contributed by atoms with Gasteiger partial charge in [-0.3, -0.25) is 4.79 Å². The molecule has 1 aromatic rings. The number of nitrogens with two attached hydrogens (primary N) is 1. The average molecular weight is 198 g/mol. The summed E-state index contributed by atoms with van der Waals surface area (Å²) in [5.41, 5.74) is 5.30. The van der Waals surface area contributed by atoms with Gasteiger partial charge >= 0.3 is 0 Å². The Morgan fingerprint density at radius 2 is 2.54 bits per heavy atom. The van der Waals surface area contributed by atoms with Crippen LogP contribution in [0.25, 0.3) is 0 Å². The summed E-state index contributed by atoms with van der Waals surface area (Å²) in [5.74, 6) is -0.188. The number of hydrogen-bond acceptors (Lipinski definition) is 4. The maximum Gasteiger partial charge on any atom is 0.261 e. The van der Waals surface area contributed by atoms with E-state index < -0.39 is 6.04 Å². The lowest BCUT2D eigenvalue weighted by molar-refractivity contribution is -0.108. The Bertz CT molecular complexity index is 284. The molecule has 0 bridgehead atoms. The molecular weight excluding hydrogens is 188 g/mol. The van der Waals surface area contributed by atoms with Gasteiger partial charge in [-0.15, -0.1) is 11.3 Å². The van der Waals surface area contributed by atoms with Crippen molar-refractivity contribution in [2.24, 2.45) is 5.73 Å². The third-order valence-corrected chi connectivity index (χ3v) is 2.29. The van der Waals surface area contributed by atoms with Gasteiger partial charge < -0.3 is 15.8 Å². The van der Waals surface area contributed by atoms with E-state index in [1.54, 1.807) is 12.1 Å². The molecule has 0 saturated heterocycles. The van der Waals surface area contributed by atoms with Gasteiger partial charge in [-0.1, -0.05) is 6.07 Å². The van der Waals surface area contributed by atoms with Crippen molar-refractivity contribution >= 4 is 23.5 Å². The zero-order chi connectivity index (χ0) is 9.68. The third kappa shape index (κ3) is 2.96. The fourth-order valence-corrected chi connectivity index (χ4v) is 1.39. The number of aldehydes is 1. The summed E-state index contributed by atoms with van der Waals surface area (Å²) in [6.45, 7) is 0.181. The molecule has 0 aliphatic heterocycles. The Kier molecular flexibility index (Phi) is 3.60. The van der Waals surface area contributed by atoms with E-state index in [1.165, 1.54) is 11.3 Å². The van der Waals surface area contributed by atoms with Crippen molar-refractivity contribution in [3.05, 3.63) is 22.4 Å². The number of amides is 1. The molecule has 1 atom stereocenters. The molecule has 3 N–H and O–H groups in total. The highest BCUT2D eigenvalue weighted by Gasteiger charge is 2.07. The first-order valence-electron chi connectivity index (χ1n) is 3.76. The summed E-state index contributed by atoms with van der Waals surface area (Å²) in [6.07, 6.45) is 0.606. The highest BCUT2D eigenvalue weighted by atomic mass is 32.1. The maximum absolute atomic E-state index is 11.3. The van der Waals surface area contributed by atoms with Gasteiger partial charge in [0.05, 0.1) is 10.9 Å². The molecule has 1 unspecified atom stereocenters. The first-order chi connectivity index (χ1) is 6.24. The molecule has 1 aromatic heterocycles. The molecule has 1 amide bonds. The monoisotopic (exact) mass is 198 g/mol. The smallest absolute Gasteiger partial charge is 0.261 e. The molecule has 0 spiro atoms. The minimum atomic E-state index is -0.621. The van der Waals surface area contributed by atoms with Gasteiger partial charge in [0.15, 0.2) is 0 Å². The third-order valence-electron chi connectivity index (χ3n) is 1.42. The number of rotatable bonds is 4. The number of carbonyl (C=O) groups excluding carboxylic acids is 2. The Labute approximate surface area is 79.7 Å². The van der Waals surface area contributed by atoms with Gasteiger partial charge in [-0.25, -0.2) is 0 Å². The van der Waals surface area contributed by atoms with Crippen LogP contribution in [0.1, 0.15) is 9.67 Å². The van der Waals surface area contributed by atoms with E-state index in [2.05, 4.69) is 5.32 Å². The van der Waals surface area contributed by atoms with E-state index in [0.717, 1.165) is 0 Å². The molecule has 4 nitrogen and oxygen atoms in total. The van der Waals surface area contributed by atoms with E-state index in [1.807, 2.05) is 5.38 Å². The largest absolute Gasteiger partial charge is 0.349 e. The Morgan fingerprint density at radius 3 is 3.08 bits per heavy atom. The molecule has 1 rings (SSSR count). The topological polar surface area (TPSA) is 72.2 Å². The van der Waals surface area contributed by atoms with Crippen LogP contribution in [0, 0.1) is 0 Å². The summed E-state index contributed by atoms with van der Waals surface area (Å²) in [5, 5.41) is 4.37. The first kappa shape index (κ1) is 9.88. The normalized spacial score (nSPS) is 12.1. The summed E-state index contributed by atoms with van der Waals surface area (Å²) in [6, 6.07) is 2.88. The molecule has 0 saturated carbocycles. The number of nitrogens with one attached hydrogen (secondary N) is 1. The summed E-state index contributed by atoms with van der Waals surface area (Å²) in [7, 11) is 0. The Balaban J connectivity index is 2.39. The summed E-state index contributed by atoms with van der Waals surface area (Å²) < 4.78 is 0. The maximum atomic E-state index is 11.3. The highest BCUT2D eigenvalue weighted by molar-refractivity contribution is 7.12. The van der Waals surface area contributed by atoms with Crippen molar-refractivity contribution in [3.8, 4) is 0 Å². The van der Waals surface area contributed by atoms with Crippen molar-refractivity contribution in [2.45, 2.75) is 6.04 Å². The lowest BCUT2D eigenvalue weighted by Gasteiger charge is -2.04. The second-order valence-corrected chi connectivity index (χ2v) is 3.43. The number of thiophene rings is 1. The molecule has 0 aliphatic rings. The van der Waals surface area contributed by atoms with Crippen LogP contribution < -0.4 is 11.1 Å². The molecule has 1 heterocycles. The average Bonchev–Trinajstić information content (AvgIpc) is 2.66. The fourth-order valence-electron chi connectivity index (χ4n) is 0.754. The molecular formula is C8H10N2O2S. The standard InChI is InChI=1S/C8H10N2O2S/c9-6(5-11)4-10-8(12)7-2-1-3-13-7/h1-3,5-6H,4,9H2,(H,10,12). The highest BCUT2D eigenvalue weighted by Crippen LogP contribution is 2.07. The minimum absolute atomic E-state index is 0.181. The Hall–Kier alpha value is -1.20. The SMILES string of the molecule is NC(C=O)CNC(=O)c1cccs1. The van der Waals surface area contributed by atoms with Crippen molar-refractivity contribution in [3.63, 3.8) is 0 Å². The van der Waals surface area contributed by atoms with E-state index in [9.17, 15) is 9.59 Å². The van der Waals surface area contributed by atoms with E-state index in [-0.39, 0.29) is 12.5 Å². The fraction of sp³-hybridized carbons (Fsp3) is 0.250. The second kappa shape index (κ2) is 4.74. The molecule has 0 aliphatic carbocycles. The molecule has 70 valence electrons. The van der Waals surface area contributed by atoms with Crippen molar-refractivity contribution in [1.29, 1.82) is 0 Å². The van der Waals surface area contributed by atoms with Crippen LogP contribution >= 0.6 is 11.3 Å². The lowest BCUT2D eigenvalue weighted by atomic mass is 10.3. The van der Waals surface area contributed by atoms with Crippen LogP contribution in [0.3, 0.4) is 0 Å². The second-order valence-electron chi connectivity index (χ2n) is 2.49. The Morgan fingerprint density at radius 1 is 1.77 bits per heavy atom. The van der Waals surface area contributed by atoms with Gasteiger partial charge in [0, 0.05) is 6.54 Å². The quantitative estimate of drug-likeness (QED) is 0.669. The predicted molar refractivity (Wildman–Crippen MR) is 50.7 cm³/mol. The lowest BCUT2D eigenvalue weighted by Crippen LogP contribution is -2.37. The van der Waals surface area contributed by atoms with E-state index in [4.69, 9.17) is 5.73 Å². The van der Waals surface area contributed by atoms with Crippen LogP contribution in [-0.4, -0.2) is 24.8 Å². The molecule has 13 heavy (non-hydrogen) atoms. The zero-order valence-electron chi connectivity index (χ0n) is 6.90. The van der Waals surface area contributed by atoms with Crippen LogP contribution in [0.5, 0.6) is 0 Å². The summed E-state index contributed by atoms with van der Waals surface area (Å²) >= 11 is 1.35. The van der Waals surface area contributed by atoms with Crippen LogP contribution in [0.4, 0.5) is 0 Å². The van der Waals surface area contributed by atoms with E-state index >= 15 is 0 Å². The van der Waals surface area contributed by atoms with Crippen molar-refractivity contribution in [1.82, 2.24) is 5.32 Å². The van der Waals surface area contributed by atoms with Crippen molar-refractivity contribution < 1.29 is 9.59 Å². The minimum Gasteiger partial charge on any atom is -0.349 e. The molecule has 0 aromatic carbocycles. The van der Waals surface area contributed by atoms with E-state index in [0.29, 0.717) is 11.2 Å². The predicted octanol–water partition coefficient (Wildman–Crippen LogP) is 0.00410. The molecule has 0 fully saturated rings. The van der Waals surface area contributed by atoms with Gasteiger partial charge in [-0.2, -0.15) is 0 Å². The van der Waals surface area contributed by atoms with Gasteiger partial charge in [0.25, 0.3) is 5.91 Å². The summed E-state index contributed by atoms with van der Waals surface area (Å²) in [4.78, 5) is 22.0. The van der Waals surface area contributed by atoms with Gasteiger partial charge in [-0.05, 0) is 11.4 Å². The van der Waals surface area contributed by atoms with Crippen molar-refractivity contribution in [2.75, 3.05) is 6.54 Å². The molecule has 0 radical (unpaired) electrons. The van der Waals surface area contributed by atoms with Gasteiger partial charge in [0.2, 0.25) is 0 Å². The number of carbonyl (C=O) groups is 2. The van der Waals surface area contributed by atoms with Crippen LogP contribution in [0.15, 0.2) is 17.5 Å². The first-order valence-corrected chi connectivity index (χ1v) is 4.64. The molecule has 5 heteroatoms. The zero-order valence-corrected chi connectivity index (χ0v) is 7.71. The number of hydrogen-bond donors (Lipinski definition) is 2. The van der Waals surface area contributed by atoms with Crippen LogP contribution in [0.2, 0.25) is 0 Å². The van der Waals surface area contributed by atoms with Crippen LogP contribution in [-0.2, 0) is 4.79 Å². The van der Waals surface area contributed by atoms with Gasteiger partial charge in [0.1, 0.15) is 6.29 Å².